The first-order chi connectivity index (χ1) is 13.3. The molecule has 2 aromatic rings. The van der Waals surface area contributed by atoms with Crippen LogP contribution in [0.2, 0.25) is 0 Å². The van der Waals surface area contributed by atoms with E-state index in [-0.39, 0.29) is 31.3 Å². The summed E-state index contributed by atoms with van der Waals surface area (Å²) in [6, 6.07) is 14.4. The Morgan fingerprint density at radius 3 is 2.54 bits per heavy atom. The molecule has 0 saturated heterocycles. The van der Waals surface area contributed by atoms with E-state index in [0.717, 1.165) is 11.8 Å². The van der Waals surface area contributed by atoms with Crippen molar-refractivity contribution < 1.29 is 18.0 Å². The van der Waals surface area contributed by atoms with Gasteiger partial charge in [0, 0.05) is 13.0 Å². The normalized spacial score (nSPS) is 13.6. The number of benzene rings is 2. The largest absolute Gasteiger partial charge is 0.323 e. The van der Waals surface area contributed by atoms with Crippen LogP contribution in [0.5, 0.6) is 0 Å². The lowest BCUT2D eigenvalue weighted by molar-refractivity contribution is -0.121. The average molecular weight is 401 g/mol. The average Bonchev–Trinajstić information content (AvgIpc) is 2.64. The Labute approximate surface area is 165 Å². The Kier molecular flexibility index (Phi) is 5.69. The molecule has 0 spiro atoms. The summed E-state index contributed by atoms with van der Waals surface area (Å²) in [5, 5.41) is 2.75. The number of aryl methyl sites for hydroxylation is 1. The van der Waals surface area contributed by atoms with E-state index in [1.165, 1.54) is 9.21 Å². The second-order valence-corrected chi connectivity index (χ2v) is 8.68. The van der Waals surface area contributed by atoms with E-state index in [1.54, 1.807) is 36.4 Å². The fourth-order valence-electron chi connectivity index (χ4n) is 3.27. The van der Waals surface area contributed by atoms with Gasteiger partial charge in [0.1, 0.15) is 6.54 Å². The first-order valence-corrected chi connectivity index (χ1v) is 10.8. The summed E-state index contributed by atoms with van der Waals surface area (Å²) in [6.07, 6.45) is 1.65. The number of hydrogen-bond donors (Lipinski definition) is 1. The summed E-state index contributed by atoms with van der Waals surface area (Å²) in [7, 11) is -3.48. The fraction of sp³-hybridized carbons (Fsp3) is 0.300. The SMILES string of the molecule is Cc1ccccc1N(CCCC(=O)N1CC(=O)Nc2ccccc21)S(C)(=O)=O. The monoisotopic (exact) mass is 401 g/mol. The lowest BCUT2D eigenvalue weighted by atomic mass is 10.1. The third-order valence-electron chi connectivity index (χ3n) is 4.61. The summed E-state index contributed by atoms with van der Waals surface area (Å²) >= 11 is 0. The molecule has 0 aliphatic carbocycles. The molecule has 3 rings (SSSR count). The minimum absolute atomic E-state index is 0.0383. The van der Waals surface area contributed by atoms with Gasteiger partial charge in [-0.2, -0.15) is 0 Å². The van der Waals surface area contributed by atoms with Gasteiger partial charge in [0.15, 0.2) is 0 Å². The molecule has 0 atom stereocenters. The van der Waals surface area contributed by atoms with Crippen molar-refractivity contribution in [1.29, 1.82) is 0 Å². The van der Waals surface area contributed by atoms with Crippen LogP contribution < -0.4 is 14.5 Å². The molecule has 0 bridgehead atoms. The van der Waals surface area contributed by atoms with E-state index in [1.807, 2.05) is 19.1 Å². The zero-order chi connectivity index (χ0) is 20.3. The molecule has 148 valence electrons. The van der Waals surface area contributed by atoms with E-state index >= 15 is 0 Å². The number of sulfonamides is 1. The Morgan fingerprint density at radius 2 is 1.82 bits per heavy atom. The molecule has 1 heterocycles. The van der Waals surface area contributed by atoms with Crippen molar-refractivity contribution >= 4 is 38.9 Å². The van der Waals surface area contributed by atoms with Crippen LogP contribution in [0.3, 0.4) is 0 Å². The highest BCUT2D eigenvalue weighted by Gasteiger charge is 2.27. The lowest BCUT2D eigenvalue weighted by Gasteiger charge is -2.29. The molecule has 28 heavy (non-hydrogen) atoms. The highest BCUT2D eigenvalue weighted by molar-refractivity contribution is 7.92. The highest BCUT2D eigenvalue weighted by Crippen LogP contribution is 2.29. The molecule has 7 nitrogen and oxygen atoms in total. The van der Waals surface area contributed by atoms with Crippen LogP contribution in [0.1, 0.15) is 18.4 Å². The number of anilines is 3. The summed E-state index contributed by atoms with van der Waals surface area (Å²) in [6.45, 7) is 2.00. The van der Waals surface area contributed by atoms with Gasteiger partial charge < -0.3 is 10.2 Å². The predicted molar refractivity (Wildman–Crippen MR) is 110 cm³/mol. The highest BCUT2D eigenvalue weighted by atomic mass is 32.2. The zero-order valence-electron chi connectivity index (χ0n) is 15.9. The van der Waals surface area contributed by atoms with Gasteiger partial charge in [0.2, 0.25) is 21.8 Å². The van der Waals surface area contributed by atoms with Crippen LogP contribution >= 0.6 is 0 Å². The van der Waals surface area contributed by atoms with Crippen molar-refractivity contribution in [2.75, 3.05) is 33.9 Å². The van der Waals surface area contributed by atoms with Gasteiger partial charge in [0.05, 0.1) is 23.3 Å². The number of para-hydroxylation sites is 3. The van der Waals surface area contributed by atoms with E-state index in [9.17, 15) is 18.0 Å². The Balaban J connectivity index is 1.71. The van der Waals surface area contributed by atoms with Gasteiger partial charge in [-0.05, 0) is 37.1 Å². The van der Waals surface area contributed by atoms with Crippen molar-refractivity contribution in [3.8, 4) is 0 Å². The predicted octanol–water partition coefficient (Wildman–Crippen LogP) is 2.53. The molecule has 1 aliphatic heterocycles. The van der Waals surface area contributed by atoms with Gasteiger partial charge in [-0.25, -0.2) is 8.42 Å². The van der Waals surface area contributed by atoms with E-state index < -0.39 is 10.0 Å². The third-order valence-corrected chi connectivity index (χ3v) is 5.79. The first-order valence-electron chi connectivity index (χ1n) is 9.00. The molecule has 0 saturated carbocycles. The number of hydrogen-bond acceptors (Lipinski definition) is 4. The smallest absolute Gasteiger partial charge is 0.244 e. The summed E-state index contributed by atoms with van der Waals surface area (Å²) < 4.78 is 25.8. The first kappa shape index (κ1) is 19.9. The zero-order valence-corrected chi connectivity index (χ0v) is 16.7. The van der Waals surface area contributed by atoms with Gasteiger partial charge >= 0.3 is 0 Å². The van der Waals surface area contributed by atoms with Crippen molar-refractivity contribution in [2.45, 2.75) is 19.8 Å². The number of carbonyl (C=O) groups excluding carboxylic acids is 2. The molecule has 8 heteroatoms. The number of amides is 2. The van der Waals surface area contributed by atoms with Crippen LogP contribution in [0, 0.1) is 6.92 Å². The molecule has 0 aromatic heterocycles. The van der Waals surface area contributed by atoms with E-state index in [4.69, 9.17) is 0 Å². The van der Waals surface area contributed by atoms with Crippen molar-refractivity contribution in [1.82, 2.24) is 0 Å². The number of carbonyl (C=O) groups is 2. The second-order valence-electron chi connectivity index (χ2n) is 6.77. The number of rotatable bonds is 6. The lowest BCUT2D eigenvalue weighted by Crippen LogP contribution is -2.42. The molecule has 0 unspecified atom stereocenters. The fourth-order valence-corrected chi connectivity index (χ4v) is 4.30. The van der Waals surface area contributed by atoms with Gasteiger partial charge in [-0.3, -0.25) is 13.9 Å². The Morgan fingerprint density at radius 1 is 1.14 bits per heavy atom. The van der Waals surface area contributed by atoms with E-state index in [2.05, 4.69) is 5.32 Å². The second kappa shape index (κ2) is 8.02. The molecular weight excluding hydrogens is 378 g/mol. The van der Waals surface area contributed by atoms with Crippen LogP contribution in [-0.2, 0) is 19.6 Å². The minimum atomic E-state index is -3.48. The number of fused-ring (bicyclic) bond motifs is 1. The molecule has 1 N–H and O–H groups in total. The number of nitrogens with zero attached hydrogens (tertiary/aromatic N) is 2. The summed E-state index contributed by atoms with van der Waals surface area (Å²) in [4.78, 5) is 26.1. The maximum Gasteiger partial charge on any atom is 0.244 e. The van der Waals surface area contributed by atoms with Crippen molar-refractivity contribution in [2.24, 2.45) is 0 Å². The quantitative estimate of drug-likeness (QED) is 0.806. The van der Waals surface area contributed by atoms with Crippen LogP contribution in [0.4, 0.5) is 17.1 Å². The van der Waals surface area contributed by atoms with Crippen LogP contribution in [0.25, 0.3) is 0 Å². The maximum atomic E-state index is 12.7. The topological polar surface area (TPSA) is 86.8 Å². The summed E-state index contributed by atoms with van der Waals surface area (Å²) in [5.41, 5.74) is 2.72. The van der Waals surface area contributed by atoms with Crippen LogP contribution in [-0.4, -0.2) is 39.6 Å². The molecule has 2 aromatic carbocycles. The molecular formula is C20H23N3O4S. The van der Waals surface area contributed by atoms with Crippen molar-refractivity contribution in [3.05, 3.63) is 54.1 Å². The van der Waals surface area contributed by atoms with Crippen molar-refractivity contribution in [3.63, 3.8) is 0 Å². The Bertz CT molecular complexity index is 1000. The molecule has 0 radical (unpaired) electrons. The minimum Gasteiger partial charge on any atom is -0.323 e. The molecule has 0 fully saturated rings. The van der Waals surface area contributed by atoms with Gasteiger partial charge in [-0.15, -0.1) is 0 Å². The van der Waals surface area contributed by atoms with E-state index in [0.29, 0.717) is 23.5 Å². The Hall–Kier alpha value is -2.87. The van der Waals surface area contributed by atoms with Gasteiger partial charge in [0.25, 0.3) is 0 Å². The molecule has 2 amide bonds. The standard InChI is InChI=1S/C20H23N3O4S/c1-15-8-3-5-10-17(15)23(28(2,26)27)13-7-12-20(25)22-14-19(24)21-16-9-4-6-11-18(16)22/h3-6,8-11H,7,12-14H2,1-2H3,(H,21,24). The maximum absolute atomic E-state index is 12.7. The molecule has 1 aliphatic rings. The third kappa shape index (κ3) is 4.33. The van der Waals surface area contributed by atoms with Crippen LogP contribution in [0.15, 0.2) is 48.5 Å². The van der Waals surface area contributed by atoms with Gasteiger partial charge in [-0.1, -0.05) is 30.3 Å². The summed E-state index contributed by atoms with van der Waals surface area (Å²) in [5.74, 6) is -0.453. The number of nitrogens with one attached hydrogen (secondary N) is 1.